The van der Waals surface area contributed by atoms with Gasteiger partial charge in [0.25, 0.3) is 0 Å². The maximum atomic E-state index is 4.31. The van der Waals surface area contributed by atoms with Gasteiger partial charge in [0, 0.05) is 36.8 Å². The number of thioether (sulfide) groups is 5. The molecule has 126 valence electrons. The van der Waals surface area contributed by atoms with E-state index in [-0.39, 0.29) is 0 Å². The van der Waals surface area contributed by atoms with Crippen molar-refractivity contribution in [2.24, 2.45) is 0 Å². The lowest BCUT2D eigenvalue weighted by Crippen LogP contribution is -2.31. The zero-order valence-corrected chi connectivity index (χ0v) is 19.0. The van der Waals surface area contributed by atoms with Gasteiger partial charge in [-0.2, -0.15) is 96.7 Å². The second kappa shape index (κ2) is 15.1. The molecule has 1 rings (SSSR count). The first-order valence-electron chi connectivity index (χ1n) is 7.14. The standard InChI is InChI=1S/C13H26S8/c14-8-17-4-1-11-7-20-12(2-5-18-9-15)13(21-11)3-6-19-10-16/h11-16H,1-10H2. The minimum Gasteiger partial charge on any atom is -0.168 e. The van der Waals surface area contributed by atoms with Gasteiger partial charge < -0.3 is 0 Å². The van der Waals surface area contributed by atoms with Crippen LogP contribution in [0.15, 0.2) is 0 Å². The zero-order valence-electron chi connectivity index (χ0n) is 12.2. The summed E-state index contributed by atoms with van der Waals surface area (Å²) < 4.78 is 0. The van der Waals surface area contributed by atoms with Gasteiger partial charge in [-0.15, -0.1) is 0 Å². The number of rotatable bonds is 12. The summed E-state index contributed by atoms with van der Waals surface area (Å²) in [4.78, 5) is 0. The minimum atomic E-state index is 0.836. The fourth-order valence-electron chi connectivity index (χ4n) is 2.19. The number of hydrogen-bond donors (Lipinski definition) is 3. The van der Waals surface area contributed by atoms with Crippen molar-refractivity contribution in [3.8, 4) is 0 Å². The van der Waals surface area contributed by atoms with Crippen LogP contribution in [0.4, 0.5) is 0 Å². The maximum absolute atomic E-state index is 4.31. The molecular weight excluding hydrogens is 413 g/mol. The summed E-state index contributed by atoms with van der Waals surface area (Å²) in [5.41, 5.74) is 0. The Balaban J connectivity index is 2.36. The predicted molar refractivity (Wildman–Crippen MR) is 124 cm³/mol. The highest BCUT2D eigenvalue weighted by molar-refractivity contribution is 8.10. The average Bonchev–Trinajstić information content (AvgIpc) is 2.50. The lowest BCUT2D eigenvalue weighted by Gasteiger charge is -2.35. The van der Waals surface area contributed by atoms with Crippen LogP contribution in [0.25, 0.3) is 0 Å². The lowest BCUT2D eigenvalue weighted by atomic mass is 10.2. The van der Waals surface area contributed by atoms with E-state index in [9.17, 15) is 0 Å². The fraction of sp³-hybridized carbons (Fsp3) is 1.00. The molecule has 0 N–H and O–H groups in total. The molecule has 0 aromatic heterocycles. The van der Waals surface area contributed by atoms with Crippen LogP contribution in [0.3, 0.4) is 0 Å². The van der Waals surface area contributed by atoms with Crippen LogP contribution in [0.5, 0.6) is 0 Å². The predicted octanol–water partition coefficient (Wildman–Crippen LogP) is 5.60. The summed E-state index contributed by atoms with van der Waals surface area (Å²) in [5, 5.41) is 5.39. The molecule has 1 saturated heterocycles. The van der Waals surface area contributed by atoms with Crippen molar-refractivity contribution in [2.45, 2.75) is 35.0 Å². The molecule has 1 heterocycles. The highest BCUT2D eigenvalue weighted by atomic mass is 32.2. The van der Waals surface area contributed by atoms with Crippen LogP contribution < -0.4 is 0 Å². The molecule has 0 aromatic rings. The summed E-state index contributed by atoms with van der Waals surface area (Å²) >= 11 is 23.3. The summed E-state index contributed by atoms with van der Waals surface area (Å²) in [6.45, 7) is 0. The van der Waals surface area contributed by atoms with Gasteiger partial charge in [0.1, 0.15) is 0 Å². The van der Waals surface area contributed by atoms with Crippen molar-refractivity contribution in [3.63, 3.8) is 0 Å². The molecule has 1 fully saturated rings. The van der Waals surface area contributed by atoms with E-state index < -0.39 is 0 Å². The summed E-state index contributed by atoms with van der Waals surface area (Å²) in [7, 11) is 0. The minimum absolute atomic E-state index is 0.836. The van der Waals surface area contributed by atoms with E-state index in [1.807, 2.05) is 35.3 Å². The molecule has 0 radical (unpaired) electrons. The van der Waals surface area contributed by atoms with E-state index in [4.69, 9.17) is 0 Å². The Morgan fingerprint density at radius 1 is 0.762 bits per heavy atom. The Morgan fingerprint density at radius 3 is 1.86 bits per heavy atom. The van der Waals surface area contributed by atoms with E-state index in [2.05, 4.69) is 61.4 Å². The average molecular weight is 439 g/mol. The Kier molecular flexibility index (Phi) is 15.7. The first-order valence-corrected chi connectivity index (χ1v) is 14.5. The molecule has 0 saturated carbocycles. The second-order valence-corrected chi connectivity index (χ2v) is 13.0. The first-order chi connectivity index (χ1) is 10.3. The summed E-state index contributed by atoms with van der Waals surface area (Å²) in [6.07, 6.45) is 4.03. The highest BCUT2D eigenvalue weighted by Crippen LogP contribution is 2.41. The molecule has 0 aromatic carbocycles. The van der Waals surface area contributed by atoms with Gasteiger partial charge in [-0.25, -0.2) is 0 Å². The number of hydrogen-bond acceptors (Lipinski definition) is 8. The zero-order chi connectivity index (χ0) is 15.3. The van der Waals surface area contributed by atoms with E-state index >= 15 is 0 Å². The first kappa shape index (κ1) is 21.8. The second-order valence-electron chi connectivity index (χ2n) is 4.65. The maximum Gasteiger partial charge on any atom is 0.0361 e. The quantitative estimate of drug-likeness (QED) is 0.205. The van der Waals surface area contributed by atoms with Crippen molar-refractivity contribution in [1.29, 1.82) is 0 Å². The molecule has 21 heavy (non-hydrogen) atoms. The Hall–Kier alpha value is 2.80. The van der Waals surface area contributed by atoms with Crippen LogP contribution in [0.1, 0.15) is 19.3 Å². The van der Waals surface area contributed by atoms with Gasteiger partial charge in [-0.05, 0) is 36.5 Å². The molecule has 0 spiro atoms. The van der Waals surface area contributed by atoms with Gasteiger partial charge in [0.2, 0.25) is 0 Å². The third-order valence-corrected chi connectivity index (χ3v) is 10.7. The van der Waals surface area contributed by atoms with Crippen LogP contribution in [0, 0.1) is 0 Å². The monoisotopic (exact) mass is 438 g/mol. The van der Waals surface area contributed by atoms with Crippen LogP contribution >= 0.6 is 96.7 Å². The van der Waals surface area contributed by atoms with Gasteiger partial charge >= 0.3 is 0 Å². The highest BCUT2D eigenvalue weighted by Gasteiger charge is 2.30. The van der Waals surface area contributed by atoms with E-state index in [1.54, 1.807) is 0 Å². The summed E-state index contributed by atoms with van der Waals surface area (Å²) in [6, 6.07) is 0. The molecule has 8 heteroatoms. The fourth-order valence-corrected chi connectivity index (χ4v) is 9.04. The summed E-state index contributed by atoms with van der Waals surface area (Å²) in [5.74, 6) is 5.12. The molecule has 3 unspecified atom stereocenters. The Bertz CT molecular complexity index is 240. The van der Waals surface area contributed by atoms with Crippen molar-refractivity contribution in [2.75, 3.05) is 38.3 Å². The van der Waals surface area contributed by atoms with Gasteiger partial charge in [0.05, 0.1) is 0 Å². The lowest BCUT2D eigenvalue weighted by molar-refractivity contribution is 0.727. The van der Waals surface area contributed by atoms with E-state index in [0.29, 0.717) is 0 Å². The largest absolute Gasteiger partial charge is 0.168 e. The van der Waals surface area contributed by atoms with Gasteiger partial charge in [-0.1, -0.05) is 0 Å². The van der Waals surface area contributed by atoms with Crippen LogP contribution in [0.2, 0.25) is 0 Å². The van der Waals surface area contributed by atoms with Crippen molar-refractivity contribution in [1.82, 2.24) is 0 Å². The molecule has 1 aliphatic rings. The molecule has 0 bridgehead atoms. The van der Waals surface area contributed by atoms with Gasteiger partial charge in [-0.3, -0.25) is 0 Å². The third-order valence-electron chi connectivity index (χ3n) is 3.23. The molecule has 3 atom stereocenters. The Morgan fingerprint density at radius 2 is 1.29 bits per heavy atom. The van der Waals surface area contributed by atoms with Crippen molar-refractivity contribution >= 4 is 96.7 Å². The van der Waals surface area contributed by atoms with Crippen molar-refractivity contribution < 1.29 is 0 Å². The van der Waals surface area contributed by atoms with Crippen LogP contribution in [-0.2, 0) is 0 Å². The Labute approximate surface area is 168 Å². The number of thiol groups is 3. The van der Waals surface area contributed by atoms with E-state index in [1.165, 1.54) is 42.3 Å². The smallest absolute Gasteiger partial charge is 0.0361 e. The van der Waals surface area contributed by atoms with Crippen molar-refractivity contribution in [3.05, 3.63) is 0 Å². The molecular formula is C13H26S8. The molecule has 0 nitrogen and oxygen atoms in total. The third kappa shape index (κ3) is 10.4. The normalized spacial score (nSPS) is 26.1. The van der Waals surface area contributed by atoms with Crippen LogP contribution in [-0.4, -0.2) is 54.0 Å². The molecule has 0 aliphatic carbocycles. The molecule has 0 amide bonds. The molecule has 1 aliphatic heterocycles. The topological polar surface area (TPSA) is 0 Å². The SMILES string of the molecule is SCSCCC1CSC(CCSCS)C(CCSCS)S1. The van der Waals surface area contributed by atoms with E-state index in [0.717, 1.165) is 31.0 Å². The van der Waals surface area contributed by atoms with Gasteiger partial charge in [0.15, 0.2) is 0 Å².